The topological polar surface area (TPSA) is 157 Å². The van der Waals surface area contributed by atoms with Gasteiger partial charge in [-0.2, -0.15) is 0 Å². The molecule has 0 unspecified atom stereocenters. The first kappa shape index (κ1) is 21.3. The van der Waals surface area contributed by atoms with Crippen LogP contribution in [0, 0.1) is 0 Å². The highest BCUT2D eigenvalue weighted by Gasteiger charge is 2.47. The first-order valence-electron chi connectivity index (χ1n) is 12.6. The van der Waals surface area contributed by atoms with Crippen molar-refractivity contribution in [2.75, 3.05) is 19.4 Å². The van der Waals surface area contributed by atoms with E-state index >= 15 is 0 Å². The van der Waals surface area contributed by atoms with Gasteiger partial charge in [0.15, 0.2) is 35.1 Å². The van der Waals surface area contributed by atoms with Gasteiger partial charge < -0.3 is 30.3 Å². The molecule has 37 heavy (non-hydrogen) atoms. The molecule has 192 valence electrons. The van der Waals surface area contributed by atoms with Gasteiger partial charge in [-0.15, -0.1) is 0 Å². The van der Waals surface area contributed by atoms with Crippen molar-refractivity contribution in [1.82, 2.24) is 29.8 Å². The number of methoxy groups -OCH3 is 1. The third-order valence-electron chi connectivity index (χ3n) is 5.87. The summed E-state index contributed by atoms with van der Waals surface area (Å²) in [7, 11) is 1.58. The van der Waals surface area contributed by atoms with Gasteiger partial charge in [-0.05, 0) is 23.8 Å². The summed E-state index contributed by atoms with van der Waals surface area (Å²) in [6.07, 6.45) is -1.98. The second-order valence-electron chi connectivity index (χ2n) is 8.23. The van der Waals surface area contributed by atoms with Gasteiger partial charge >= 0.3 is 0 Å². The number of aromatic nitrogens is 5. The molecule has 4 aromatic rings. The maximum Gasteiger partial charge on any atom is 0.251 e. The summed E-state index contributed by atoms with van der Waals surface area (Å²) >= 11 is 6.14. The lowest BCUT2D eigenvalue weighted by Gasteiger charge is -2.17. The number of fused-ring (bicyclic) bond motifs is 1. The minimum Gasteiger partial charge on any atom is -0.497 e. The number of imidazole rings is 1. The minimum absolute atomic E-state index is 0.200. The molecule has 1 aliphatic rings. The van der Waals surface area contributed by atoms with Gasteiger partial charge in [-0.1, -0.05) is 23.7 Å². The molecule has 1 aromatic carbocycles. The Labute approximate surface area is 220 Å². The highest BCUT2D eigenvalue weighted by molar-refractivity contribution is 6.30. The van der Waals surface area contributed by atoms with Crippen LogP contribution in [0.2, 0.25) is 5.02 Å². The van der Waals surface area contributed by atoms with Gasteiger partial charge in [0, 0.05) is 35.6 Å². The minimum atomic E-state index is -2.80. The van der Waals surface area contributed by atoms with Gasteiger partial charge in [0.1, 0.15) is 18.0 Å². The Kier molecular flexibility index (Phi) is 5.90. The van der Waals surface area contributed by atoms with E-state index in [0.29, 0.717) is 34.2 Å². The number of nitrogens with zero attached hydrogens (tertiary/aromatic N) is 5. The molecule has 1 amide bonds. The summed E-state index contributed by atoms with van der Waals surface area (Å²) in [5.41, 5.74) is 1.90. The van der Waals surface area contributed by atoms with E-state index in [1.54, 1.807) is 18.5 Å². The zero-order valence-electron chi connectivity index (χ0n) is 22.4. The van der Waals surface area contributed by atoms with E-state index in [2.05, 4.69) is 25.3 Å². The van der Waals surface area contributed by atoms with Crippen molar-refractivity contribution >= 4 is 34.5 Å². The number of carbonyl (C=O) groups is 1. The van der Waals surface area contributed by atoms with Crippen LogP contribution in [0.3, 0.4) is 0 Å². The quantitative estimate of drug-likeness (QED) is 0.277. The van der Waals surface area contributed by atoms with Gasteiger partial charge in [-0.25, -0.2) is 15.0 Å². The molecule has 12 nitrogen and oxygen atoms in total. The standard InChI is InChI=1S/C24H24ClN7O5/c1-26-23(35)19-17(33)18(34)24(37-19)32-11-29-16-21(28-8-12-4-3-5-15(6-12)36-2)30-20(31-22(16)32)13-7-14(25)10-27-9-13/h3-7,9-11,17-19,24,33-34H,8H2,1-2H3,(H,26,35)(H,28,30,31)/t17-,18+,19-,24+/m0/s1/i1D3. The van der Waals surface area contributed by atoms with E-state index in [9.17, 15) is 15.0 Å². The number of likely N-dealkylation sites (N-methyl/N-ethyl adjacent to an activating group) is 1. The molecule has 0 bridgehead atoms. The Hall–Kier alpha value is -3.84. The molecular weight excluding hydrogens is 502 g/mol. The lowest BCUT2D eigenvalue weighted by molar-refractivity contribution is -0.137. The lowest BCUT2D eigenvalue weighted by atomic mass is 10.1. The summed E-state index contributed by atoms with van der Waals surface area (Å²) in [6, 6.07) is 9.07. The van der Waals surface area contributed by atoms with Crippen LogP contribution in [0.5, 0.6) is 5.75 Å². The average Bonchev–Trinajstić information content (AvgIpc) is 3.47. The third kappa shape index (κ3) is 4.79. The lowest BCUT2D eigenvalue weighted by Crippen LogP contribution is -2.41. The van der Waals surface area contributed by atoms with Crippen LogP contribution in [0.4, 0.5) is 5.82 Å². The van der Waals surface area contributed by atoms with Crippen LogP contribution in [0.1, 0.15) is 15.9 Å². The second-order valence-corrected chi connectivity index (χ2v) is 8.67. The van der Waals surface area contributed by atoms with E-state index in [-0.39, 0.29) is 11.5 Å². The molecule has 4 atom stereocenters. The normalized spacial score (nSPS) is 22.8. The van der Waals surface area contributed by atoms with Crippen molar-refractivity contribution in [3.63, 3.8) is 0 Å². The van der Waals surface area contributed by atoms with Crippen LogP contribution in [0.15, 0.2) is 49.1 Å². The summed E-state index contributed by atoms with van der Waals surface area (Å²) in [5, 5.41) is 26.6. The van der Waals surface area contributed by atoms with E-state index in [1.165, 1.54) is 23.3 Å². The maximum atomic E-state index is 12.4. The zero-order chi connectivity index (χ0) is 28.6. The molecule has 0 radical (unpaired) electrons. The number of anilines is 1. The van der Waals surface area contributed by atoms with E-state index in [1.807, 2.05) is 24.3 Å². The molecule has 4 N–H and O–H groups in total. The predicted molar refractivity (Wildman–Crippen MR) is 134 cm³/mol. The van der Waals surface area contributed by atoms with Crippen LogP contribution in [-0.4, -0.2) is 73.0 Å². The highest BCUT2D eigenvalue weighted by Crippen LogP contribution is 2.34. The number of carbonyl (C=O) groups excluding carboxylic acids is 1. The fourth-order valence-electron chi connectivity index (χ4n) is 4.03. The number of halogens is 1. The molecule has 1 aliphatic heterocycles. The SMILES string of the molecule is [2H]C([2H])([2H])NC(=O)[C@H]1O[C@@H](n2cnc3c(NCc4cccc(OC)c4)nc(-c4cncc(Cl)c4)nc32)[C@H](O)[C@@H]1O. The van der Waals surface area contributed by atoms with Crippen LogP contribution in [0.25, 0.3) is 22.6 Å². The van der Waals surface area contributed by atoms with E-state index in [0.717, 1.165) is 5.56 Å². The molecule has 4 heterocycles. The van der Waals surface area contributed by atoms with Crippen LogP contribution in [-0.2, 0) is 16.1 Å². The van der Waals surface area contributed by atoms with Gasteiger partial charge in [0.25, 0.3) is 5.91 Å². The van der Waals surface area contributed by atoms with E-state index in [4.69, 9.17) is 25.2 Å². The van der Waals surface area contributed by atoms with Crippen molar-refractivity contribution in [1.29, 1.82) is 0 Å². The number of aliphatic hydroxyl groups excluding tert-OH is 2. The van der Waals surface area contributed by atoms with Crippen molar-refractivity contribution in [3.05, 3.63) is 59.6 Å². The molecular formula is C24H24ClN7O5. The van der Waals surface area contributed by atoms with Crippen LogP contribution >= 0.6 is 11.6 Å². The van der Waals surface area contributed by atoms with Crippen molar-refractivity contribution < 1.29 is 28.6 Å². The molecule has 13 heteroatoms. The average molecular weight is 529 g/mol. The molecule has 3 aromatic heterocycles. The molecule has 0 aliphatic carbocycles. The zero-order valence-corrected chi connectivity index (χ0v) is 20.1. The molecule has 0 spiro atoms. The number of rotatable bonds is 7. The molecule has 5 rings (SSSR count). The largest absolute Gasteiger partial charge is 0.497 e. The van der Waals surface area contributed by atoms with Crippen LogP contribution < -0.4 is 15.4 Å². The fraction of sp³-hybridized carbons (Fsp3) is 0.292. The first-order chi connectivity index (χ1) is 19.0. The van der Waals surface area contributed by atoms with Crippen molar-refractivity contribution in [2.24, 2.45) is 0 Å². The predicted octanol–water partition coefficient (Wildman–Crippen LogP) is 1.53. The number of amides is 1. The molecule has 1 saturated heterocycles. The van der Waals surface area contributed by atoms with Crippen molar-refractivity contribution in [3.8, 4) is 17.1 Å². The number of nitrogens with one attached hydrogen (secondary N) is 2. The molecule has 1 fully saturated rings. The number of hydrogen-bond donors (Lipinski definition) is 4. The number of pyridine rings is 1. The van der Waals surface area contributed by atoms with Gasteiger partial charge in [-0.3, -0.25) is 14.3 Å². The van der Waals surface area contributed by atoms with Gasteiger partial charge in [0.2, 0.25) is 0 Å². The maximum absolute atomic E-state index is 12.4. The number of hydrogen-bond acceptors (Lipinski definition) is 10. The highest BCUT2D eigenvalue weighted by atomic mass is 35.5. The molecule has 0 saturated carbocycles. The Morgan fingerprint density at radius 3 is 2.92 bits per heavy atom. The van der Waals surface area contributed by atoms with E-state index < -0.39 is 37.4 Å². The van der Waals surface area contributed by atoms with Gasteiger partial charge in [0.05, 0.1) is 18.5 Å². The Morgan fingerprint density at radius 1 is 1.27 bits per heavy atom. The monoisotopic (exact) mass is 528 g/mol. The Balaban J connectivity index is 1.53. The fourth-order valence-corrected chi connectivity index (χ4v) is 4.21. The Morgan fingerprint density at radius 2 is 2.14 bits per heavy atom. The number of aliphatic hydroxyl groups is 2. The second kappa shape index (κ2) is 10.3. The summed E-state index contributed by atoms with van der Waals surface area (Å²) in [4.78, 5) is 30.1. The summed E-state index contributed by atoms with van der Waals surface area (Å²) < 4.78 is 34.0. The third-order valence-corrected chi connectivity index (χ3v) is 6.08. The Bertz CT molecular complexity index is 1550. The first-order valence-corrected chi connectivity index (χ1v) is 11.5. The summed E-state index contributed by atoms with van der Waals surface area (Å²) in [6.45, 7) is -2.45. The van der Waals surface area contributed by atoms with Crippen molar-refractivity contribution in [2.45, 2.75) is 31.1 Å². The number of ether oxygens (including phenoxy) is 2. The smallest absolute Gasteiger partial charge is 0.251 e. The number of benzene rings is 1. The summed E-state index contributed by atoms with van der Waals surface area (Å²) in [5.74, 6) is 0.151.